The van der Waals surface area contributed by atoms with Gasteiger partial charge in [-0.1, -0.05) is 11.2 Å². The van der Waals surface area contributed by atoms with Crippen molar-refractivity contribution < 1.29 is 18.8 Å². The van der Waals surface area contributed by atoms with Crippen LogP contribution in [-0.2, 0) is 6.54 Å². The molecule has 0 aliphatic carbocycles. The molecule has 2 heterocycles. The van der Waals surface area contributed by atoms with Gasteiger partial charge >= 0.3 is 0 Å². The summed E-state index contributed by atoms with van der Waals surface area (Å²) in [5, 5.41) is 16.6. The number of nitrogens with zero attached hydrogens (tertiary/aromatic N) is 2. The van der Waals surface area contributed by atoms with Gasteiger partial charge in [0.1, 0.15) is 11.5 Å². The smallest absolute Gasteiger partial charge is 0.290 e. The molecule has 0 saturated heterocycles. The maximum absolute atomic E-state index is 13.1. The van der Waals surface area contributed by atoms with Gasteiger partial charge in [-0.15, -0.1) is 0 Å². The Morgan fingerprint density at radius 2 is 2.08 bits per heavy atom. The molecule has 0 spiro atoms. The first kappa shape index (κ1) is 16.8. The van der Waals surface area contributed by atoms with Crippen molar-refractivity contribution in [3.05, 3.63) is 71.5 Å². The van der Waals surface area contributed by atoms with Crippen LogP contribution in [-0.4, -0.2) is 21.2 Å². The minimum absolute atomic E-state index is 0.0711. The summed E-state index contributed by atoms with van der Waals surface area (Å²) in [4.78, 5) is 16.4. The summed E-state index contributed by atoms with van der Waals surface area (Å²) in [7, 11) is 0. The second-order valence-corrected chi connectivity index (χ2v) is 5.50. The number of aromatic nitrogens is 2. The average molecular weight is 341 g/mol. The predicted molar refractivity (Wildman–Crippen MR) is 87.9 cm³/mol. The van der Waals surface area contributed by atoms with Gasteiger partial charge in [0.15, 0.2) is 0 Å². The van der Waals surface area contributed by atoms with Gasteiger partial charge in [0.25, 0.3) is 5.91 Å². The van der Waals surface area contributed by atoms with Crippen LogP contribution in [0, 0.1) is 5.82 Å². The lowest BCUT2D eigenvalue weighted by molar-refractivity contribution is 0.0905. The molecule has 0 radical (unpaired) electrons. The summed E-state index contributed by atoms with van der Waals surface area (Å²) in [6, 6.07) is 9.17. The van der Waals surface area contributed by atoms with E-state index in [1.54, 1.807) is 18.5 Å². The van der Waals surface area contributed by atoms with Gasteiger partial charge in [0, 0.05) is 24.5 Å². The van der Waals surface area contributed by atoms with Gasteiger partial charge in [0.2, 0.25) is 5.76 Å². The number of aliphatic hydroxyl groups excluding tert-OH is 1. The van der Waals surface area contributed by atoms with Gasteiger partial charge in [0.05, 0.1) is 11.7 Å². The van der Waals surface area contributed by atoms with Crippen LogP contribution < -0.4 is 5.32 Å². The summed E-state index contributed by atoms with van der Waals surface area (Å²) >= 11 is 0. The molecule has 0 aliphatic heterocycles. The highest BCUT2D eigenvalue weighted by molar-refractivity contribution is 5.94. The number of hydrogen-bond donors (Lipinski definition) is 2. The standard InChI is InChI=1S/C18H16FN3O3/c1-11(23)15-16(13-4-6-14(19)7-5-13)22-25-17(15)18(24)21-10-12-3-2-8-20-9-12/h2-9,11,23H,10H2,1H3,(H,21,24)/t11-/m0/s1. The third kappa shape index (κ3) is 3.72. The van der Waals surface area contributed by atoms with Crippen molar-refractivity contribution in [1.29, 1.82) is 0 Å². The van der Waals surface area contributed by atoms with Crippen LogP contribution in [0.15, 0.2) is 53.3 Å². The van der Waals surface area contributed by atoms with Crippen LogP contribution in [0.3, 0.4) is 0 Å². The molecule has 0 fully saturated rings. The zero-order valence-corrected chi connectivity index (χ0v) is 13.4. The number of pyridine rings is 1. The van der Waals surface area contributed by atoms with Crippen molar-refractivity contribution in [3.8, 4) is 11.3 Å². The number of benzene rings is 1. The van der Waals surface area contributed by atoms with Crippen molar-refractivity contribution in [3.63, 3.8) is 0 Å². The number of carbonyl (C=O) groups excluding carboxylic acids is 1. The van der Waals surface area contributed by atoms with E-state index in [0.717, 1.165) is 5.56 Å². The van der Waals surface area contributed by atoms with E-state index < -0.39 is 12.0 Å². The Balaban J connectivity index is 1.86. The second kappa shape index (κ2) is 7.23. The zero-order valence-electron chi connectivity index (χ0n) is 13.4. The Bertz CT molecular complexity index is 861. The number of rotatable bonds is 5. The fourth-order valence-corrected chi connectivity index (χ4v) is 2.43. The largest absolute Gasteiger partial charge is 0.388 e. The zero-order chi connectivity index (χ0) is 17.8. The lowest BCUT2D eigenvalue weighted by Crippen LogP contribution is -2.23. The van der Waals surface area contributed by atoms with E-state index in [-0.39, 0.29) is 23.7 Å². The third-order valence-corrected chi connectivity index (χ3v) is 3.65. The Labute approximate surface area is 143 Å². The monoisotopic (exact) mass is 341 g/mol. The lowest BCUT2D eigenvalue weighted by atomic mass is 10.0. The highest BCUT2D eigenvalue weighted by Crippen LogP contribution is 2.30. The van der Waals surface area contributed by atoms with E-state index in [4.69, 9.17) is 4.52 Å². The molecular weight excluding hydrogens is 325 g/mol. The molecule has 3 aromatic rings. The molecule has 1 amide bonds. The molecule has 0 bridgehead atoms. The SMILES string of the molecule is C[C@H](O)c1c(-c2ccc(F)cc2)noc1C(=O)NCc1cccnc1. The molecule has 128 valence electrons. The second-order valence-electron chi connectivity index (χ2n) is 5.50. The first-order valence-corrected chi connectivity index (χ1v) is 7.67. The highest BCUT2D eigenvalue weighted by atomic mass is 19.1. The molecule has 6 nitrogen and oxygen atoms in total. The number of amides is 1. The third-order valence-electron chi connectivity index (χ3n) is 3.65. The molecule has 7 heteroatoms. The van der Waals surface area contributed by atoms with E-state index in [9.17, 15) is 14.3 Å². The van der Waals surface area contributed by atoms with Gasteiger partial charge in [-0.05, 0) is 42.8 Å². The van der Waals surface area contributed by atoms with Gasteiger partial charge in [-0.3, -0.25) is 9.78 Å². The molecule has 25 heavy (non-hydrogen) atoms. The van der Waals surface area contributed by atoms with E-state index in [2.05, 4.69) is 15.5 Å². The number of halogens is 1. The maximum Gasteiger partial charge on any atom is 0.290 e. The van der Waals surface area contributed by atoms with E-state index in [0.29, 0.717) is 11.3 Å². The molecule has 0 saturated carbocycles. The van der Waals surface area contributed by atoms with Crippen LogP contribution >= 0.6 is 0 Å². The molecule has 2 N–H and O–H groups in total. The van der Waals surface area contributed by atoms with E-state index in [1.165, 1.54) is 31.2 Å². The predicted octanol–water partition coefficient (Wildman–Crippen LogP) is 2.86. The van der Waals surface area contributed by atoms with Crippen LogP contribution in [0.1, 0.15) is 34.7 Å². The highest BCUT2D eigenvalue weighted by Gasteiger charge is 2.26. The molecule has 0 aliphatic rings. The van der Waals surface area contributed by atoms with Crippen LogP contribution in [0.4, 0.5) is 4.39 Å². The van der Waals surface area contributed by atoms with Crippen molar-refractivity contribution in [1.82, 2.24) is 15.5 Å². The Morgan fingerprint density at radius 1 is 1.32 bits per heavy atom. The van der Waals surface area contributed by atoms with E-state index in [1.807, 2.05) is 6.07 Å². The minimum Gasteiger partial charge on any atom is -0.388 e. The van der Waals surface area contributed by atoms with Gasteiger partial charge < -0.3 is 14.9 Å². The fourth-order valence-electron chi connectivity index (χ4n) is 2.43. The Morgan fingerprint density at radius 3 is 2.72 bits per heavy atom. The Kier molecular flexibility index (Phi) is 4.85. The molecular formula is C18H16FN3O3. The van der Waals surface area contributed by atoms with Gasteiger partial charge in [-0.25, -0.2) is 4.39 Å². The summed E-state index contributed by atoms with van der Waals surface area (Å²) in [5.41, 5.74) is 1.94. The maximum atomic E-state index is 13.1. The number of carbonyl (C=O) groups is 1. The normalized spacial score (nSPS) is 12.0. The average Bonchev–Trinajstić information content (AvgIpc) is 3.06. The minimum atomic E-state index is -0.981. The van der Waals surface area contributed by atoms with Crippen molar-refractivity contribution in [2.45, 2.75) is 19.6 Å². The molecule has 0 unspecified atom stereocenters. The summed E-state index contributed by atoms with van der Waals surface area (Å²) in [5.74, 6) is -0.959. The van der Waals surface area contributed by atoms with Crippen molar-refractivity contribution in [2.75, 3.05) is 0 Å². The van der Waals surface area contributed by atoms with Crippen molar-refractivity contribution in [2.24, 2.45) is 0 Å². The van der Waals surface area contributed by atoms with Crippen LogP contribution in [0.5, 0.6) is 0 Å². The fraction of sp³-hybridized carbons (Fsp3) is 0.167. The topological polar surface area (TPSA) is 88.2 Å². The van der Waals surface area contributed by atoms with Crippen LogP contribution in [0.2, 0.25) is 0 Å². The Hall–Kier alpha value is -3.06. The quantitative estimate of drug-likeness (QED) is 0.745. The van der Waals surface area contributed by atoms with Crippen molar-refractivity contribution >= 4 is 5.91 Å². The number of nitrogens with one attached hydrogen (secondary N) is 1. The van der Waals surface area contributed by atoms with Crippen LogP contribution in [0.25, 0.3) is 11.3 Å². The molecule has 1 atom stereocenters. The summed E-state index contributed by atoms with van der Waals surface area (Å²) < 4.78 is 18.3. The first-order chi connectivity index (χ1) is 12.1. The number of aliphatic hydroxyl groups is 1. The molecule has 1 aromatic carbocycles. The lowest BCUT2D eigenvalue weighted by Gasteiger charge is -2.08. The molecule has 3 rings (SSSR count). The number of hydrogen-bond acceptors (Lipinski definition) is 5. The first-order valence-electron chi connectivity index (χ1n) is 7.67. The summed E-state index contributed by atoms with van der Waals surface area (Å²) in [6.07, 6.45) is 2.30. The molecule has 2 aromatic heterocycles. The van der Waals surface area contributed by atoms with E-state index >= 15 is 0 Å². The van der Waals surface area contributed by atoms with Gasteiger partial charge in [-0.2, -0.15) is 0 Å². The summed E-state index contributed by atoms with van der Waals surface area (Å²) in [6.45, 7) is 1.77.